The third-order valence-electron chi connectivity index (χ3n) is 2.02. The fourth-order valence-electron chi connectivity index (χ4n) is 1.14. The Morgan fingerprint density at radius 1 is 1.38 bits per heavy atom. The number of amides is 1. The van der Waals surface area contributed by atoms with Gasteiger partial charge in [0.25, 0.3) is 5.91 Å². The van der Waals surface area contributed by atoms with Crippen LogP contribution in [0.25, 0.3) is 0 Å². The maximum Gasteiger partial charge on any atom is 0.325 e. The van der Waals surface area contributed by atoms with Crippen LogP contribution in [-0.2, 0) is 9.53 Å². The lowest BCUT2D eigenvalue weighted by Crippen LogP contribution is -2.36. The average Bonchev–Trinajstić information content (AvgIpc) is 2.35. The van der Waals surface area contributed by atoms with Crippen LogP contribution >= 0.6 is 0 Å². The summed E-state index contributed by atoms with van der Waals surface area (Å²) in [5.74, 6) is -0.736. The number of aromatic nitrogens is 2. The zero-order chi connectivity index (χ0) is 12.0. The van der Waals surface area contributed by atoms with E-state index in [2.05, 4.69) is 14.7 Å². The zero-order valence-corrected chi connectivity index (χ0v) is 9.21. The highest BCUT2D eigenvalue weighted by Gasteiger charge is 2.17. The second-order valence-electron chi connectivity index (χ2n) is 3.02. The van der Waals surface area contributed by atoms with Crippen molar-refractivity contribution in [3.63, 3.8) is 0 Å². The molecule has 0 bridgehead atoms. The number of rotatable bonds is 4. The van der Waals surface area contributed by atoms with Crippen molar-refractivity contribution in [2.24, 2.45) is 0 Å². The van der Waals surface area contributed by atoms with Gasteiger partial charge in [0, 0.05) is 18.9 Å². The molecule has 6 heteroatoms. The molecule has 0 fully saturated rings. The molecule has 1 amide bonds. The van der Waals surface area contributed by atoms with Gasteiger partial charge >= 0.3 is 5.97 Å². The highest BCUT2D eigenvalue weighted by atomic mass is 16.5. The van der Waals surface area contributed by atoms with Gasteiger partial charge in [0.2, 0.25) is 0 Å². The Morgan fingerprint density at radius 2 is 2.00 bits per heavy atom. The maximum atomic E-state index is 11.9. The van der Waals surface area contributed by atoms with Gasteiger partial charge in [0.05, 0.1) is 12.7 Å². The Kier molecular flexibility index (Phi) is 4.38. The van der Waals surface area contributed by atoms with Gasteiger partial charge in [-0.05, 0) is 6.92 Å². The summed E-state index contributed by atoms with van der Waals surface area (Å²) in [5.41, 5.74) is 0.355. The predicted octanol–water partition coefficient (Wildman–Crippen LogP) is 0.112. The molecule has 1 rings (SSSR count). The summed E-state index contributed by atoms with van der Waals surface area (Å²) in [6, 6.07) is 0. The largest absolute Gasteiger partial charge is 0.468 e. The van der Waals surface area contributed by atoms with E-state index in [0.717, 1.165) is 0 Å². The molecule has 0 spiro atoms. The fraction of sp³-hybridized carbons (Fsp3) is 0.400. The van der Waals surface area contributed by atoms with Crippen LogP contribution < -0.4 is 0 Å². The number of carbonyl (C=O) groups excluding carboxylic acids is 2. The SMILES string of the molecule is CCN(CC(=O)OC)C(=O)c1cncnc1. The van der Waals surface area contributed by atoms with E-state index in [4.69, 9.17) is 0 Å². The lowest BCUT2D eigenvalue weighted by Gasteiger charge is -2.18. The van der Waals surface area contributed by atoms with Crippen LogP contribution in [0.5, 0.6) is 0 Å². The Morgan fingerprint density at radius 3 is 2.50 bits per heavy atom. The number of hydrogen-bond acceptors (Lipinski definition) is 5. The van der Waals surface area contributed by atoms with Crippen molar-refractivity contribution in [3.05, 3.63) is 24.3 Å². The molecule has 0 aromatic carbocycles. The fourth-order valence-corrected chi connectivity index (χ4v) is 1.14. The van der Waals surface area contributed by atoms with Gasteiger partial charge in [-0.1, -0.05) is 0 Å². The van der Waals surface area contributed by atoms with Crippen LogP contribution in [0, 0.1) is 0 Å². The summed E-state index contributed by atoms with van der Waals surface area (Å²) in [6.07, 6.45) is 4.16. The molecule has 1 aromatic heterocycles. The first-order chi connectivity index (χ1) is 7.69. The van der Waals surface area contributed by atoms with Gasteiger partial charge in [-0.25, -0.2) is 9.97 Å². The highest BCUT2D eigenvalue weighted by Crippen LogP contribution is 2.01. The molecule has 0 saturated heterocycles. The third kappa shape index (κ3) is 3.01. The van der Waals surface area contributed by atoms with Crippen molar-refractivity contribution in [1.29, 1.82) is 0 Å². The van der Waals surface area contributed by atoms with Crippen molar-refractivity contribution < 1.29 is 14.3 Å². The van der Waals surface area contributed by atoms with E-state index in [-0.39, 0.29) is 12.5 Å². The second kappa shape index (κ2) is 5.79. The van der Waals surface area contributed by atoms with E-state index in [1.54, 1.807) is 6.92 Å². The number of esters is 1. The van der Waals surface area contributed by atoms with E-state index < -0.39 is 5.97 Å². The van der Waals surface area contributed by atoms with Gasteiger partial charge in [0.1, 0.15) is 12.9 Å². The van der Waals surface area contributed by atoms with Crippen molar-refractivity contribution in [2.75, 3.05) is 20.2 Å². The first-order valence-electron chi connectivity index (χ1n) is 4.80. The molecular weight excluding hydrogens is 210 g/mol. The lowest BCUT2D eigenvalue weighted by atomic mass is 10.3. The van der Waals surface area contributed by atoms with E-state index in [1.165, 1.54) is 30.7 Å². The van der Waals surface area contributed by atoms with Crippen LogP contribution in [-0.4, -0.2) is 46.9 Å². The second-order valence-corrected chi connectivity index (χ2v) is 3.02. The van der Waals surface area contributed by atoms with Crippen molar-refractivity contribution in [1.82, 2.24) is 14.9 Å². The van der Waals surface area contributed by atoms with Crippen LogP contribution in [0.3, 0.4) is 0 Å². The molecule has 86 valence electrons. The molecule has 0 unspecified atom stereocenters. The molecule has 0 radical (unpaired) electrons. The minimum atomic E-state index is -0.452. The summed E-state index contributed by atoms with van der Waals surface area (Å²) in [5, 5.41) is 0. The number of ether oxygens (including phenoxy) is 1. The van der Waals surface area contributed by atoms with E-state index in [9.17, 15) is 9.59 Å². The van der Waals surface area contributed by atoms with Crippen molar-refractivity contribution >= 4 is 11.9 Å². The van der Waals surface area contributed by atoms with Gasteiger partial charge in [-0.2, -0.15) is 0 Å². The highest BCUT2D eigenvalue weighted by molar-refractivity contribution is 5.95. The number of nitrogens with zero attached hydrogens (tertiary/aromatic N) is 3. The quantitative estimate of drug-likeness (QED) is 0.677. The van der Waals surface area contributed by atoms with E-state index in [1.807, 2.05) is 0 Å². The van der Waals surface area contributed by atoms with E-state index >= 15 is 0 Å². The van der Waals surface area contributed by atoms with Gasteiger partial charge in [-0.3, -0.25) is 9.59 Å². The first-order valence-corrected chi connectivity index (χ1v) is 4.80. The zero-order valence-electron chi connectivity index (χ0n) is 9.21. The Labute approximate surface area is 93.3 Å². The monoisotopic (exact) mass is 223 g/mol. The molecule has 1 aromatic rings. The molecule has 0 aliphatic heterocycles. The summed E-state index contributed by atoms with van der Waals surface area (Å²) in [6.45, 7) is 2.13. The maximum absolute atomic E-state index is 11.9. The summed E-state index contributed by atoms with van der Waals surface area (Å²) >= 11 is 0. The van der Waals surface area contributed by atoms with Crippen LogP contribution in [0.1, 0.15) is 17.3 Å². The molecular formula is C10H13N3O3. The average molecular weight is 223 g/mol. The molecule has 0 atom stereocenters. The Bertz CT molecular complexity index is 367. The van der Waals surface area contributed by atoms with Gasteiger partial charge in [-0.15, -0.1) is 0 Å². The smallest absolute Gasteiger partial charge is 0.325 e. The van der Waals surface area contributed by atoms with Gasteiger partial charge < -0.3 is 9.64 Å². The molecule has 0 N–H and O–H groups in total. The predicted molar refractivity (Wildman–Crippen MR) is 55.6 cm³/mol. The minimum Gasteiger partial charge on any atom is -0.468 e. The van der Waals surface area contributed by atoms with E-state index in [0.29, 0.717) is 12.1 Å². The molecule has 16 heavy (non-hydrogen) atoms. The summed E-state index contributed by atoms with van der Waals surface area (Å²) in [7, 11) is 1.28. The molecule has 0 saturated carbocycles. The topological polar surface area (TPSA) is 72.4 Å². The molecule has 6 nitrogen and oxygen atoms in total. The standard InChI is InChI=1S/C10H13N3O3/c1-3-13(6-9(14)16-2)10(15)8-4-11-7-12-5-8/h4-5,7H,3,6H2,1-2H3. The third-order valence-corrected chi connectivity index (χ3v) is 2.02. The first kappa shape index (κ1) is 12.1. The normalized spacial score (nSPS) is 9.62. The minimum absolute atomic E-state index is 0.0687. The Balaban J connectivity index is 2.74. The lowest BCUT2D eigenvalue weighted by molar-refractivity contribution is -0.141. The van der Waals surface area contributed by atoms with Gasteiger partial charge in [0.15, 0.2) is 0 Å². The molecule has 0 aliphatic carbocycles. The van der Waals surface area contributed by atoms with Crippen LogP contribution in [0.4, 0.5) is 0 Å². The number of carbonyl (C=O) groups is 2. The summed E-state index contributed by atoms with van der Waals surface area (Å²) < 4.78 is 4.50. The van der Waals surface area contributed by atoms with Crippen LogP contribution in [0.2, 0.25) is 0 Å². The summed E-state index contributed by atoms with van der Waals surface area (Å²) in [4.78, 5) is 31.8. The number of hydrogen-bond donors (Lipinski definition) is 0. The molecule has 0 aliphatic rings. The molecule has 1 heterocycles. The van der Waals surface area contributed by atoms with Crippen molar-refractivity contribution in [3.8, 4) is 0 Å². The van der Waals surface area contributed by atoms with Crippen molar-refractivity contribution in [2.45, 2.75) is 6.92 Å². The Hall–Kier alpha value is -1.98. The van der Waals surface area contributed by atoms with Crippen LogP contribution in [0.15, 0.2) is 18.7 Å². The number of methoxy groups -OCH3 is 1. The number of likely N-dealkylation sites (N-methyl/N-ethyl adjacent to an activating group) is 1.